The third-order valence-electron chi connectivity index (χ3n) is 1.65. The summed E-state index contributed by atoms with van der Waals surface area (Å²) in [5.41, 5.74) is 0.335. The van der Waals surface area contributed by atoms with Crippen LogP contribution in [0.3, 0.4) is 0 Å². The maximum atomic E-state index is 11.6. The maximum Gasteiger partial charge on any atom is 0.332 e. The molecule has 0 saturated carbocycles. The molecule has 0 fully saturated rings. The van der Waals surface area contributed by atoms with Crippen molar-refractivity contribution in [3.63, 3.8) is 0 Å². The molecule has 0 radical (unpaired) electrons. The normalized spacial score (nSPS) is 10.4. The highest BCUT2D eigenvalue weighted by Gasteiger charge is 2.05. The Bertz CT molecular complexity index is 508. The Morgan fingerprint density at radius 3 is 3.21 bits per heavy atom. The summed E-state index contributed by atoms with van der Waals surface area (Å²) in [4.78, 5) is 21.3. The highest BCUT2D eigenvalue weighted by molar-refractivity contribution is 5.71. The average Bonchev–Trinajstić information content (AvgIpc) is 2.23. The van der Waals surface area contributed by atoms with Crippen LogP contribution >= 0.6 is 0 Å². The van der Waals surface area contributed by atoms with Gasteiger partial charge in [0, 0.05) is 6.20 Å². The molecular formula is C8H8N4O2. The number of rotatable bonds is 2. The molecule has 2 aromatic rings. The van der Waals surface area contributed by atoms with Gasteiger partial charge in [0.2, 0.25) is 0 Å². The van der Waals surface area contributed by atoms with Crippen LogP contribution in [-0.2, 0) is 0 Å². The van der Waals surface area contributed by atoms with E-state index < -0.39 is 5.56 Å². The van der Waals surface area contributed by atoms with Gasteiger partial charge in [-0.1, -0.05) is 0 Å². The summed E-state index contributed by atoms with van der Waals surface area (Å²) in [5, 5.41) is 7.37. The number of hydrogen-bond donors (Lipinski definition) is 0. The fourth-order valence-electron chi connectivity index (χ4n) is 1.07. The lowest BCUT2D eigenvalue weighted by atomic mass is 10.4. The van der Waals surface area contributed by atoms with Gasteiger partial charge in [-0.25, -0.2) is 4.98 Å². The Kier molecular flexibility index (Phi) is 2.10. The molecule has 0 aliphatic heterocycles. The molecule has 0 aliphatic carbocycles. The zero-order chi connectivity index (χ0) is 9.97. The molecule has 0 aliphatic rings. The van der Waals surface area contributed by atoms with E-state index in [1.807, 2.05) is 0 Å². The molecule has 0 amide bonds. The van der Waals surface area contributed by atoms with Gasteiger partial charge < -0.3 is 4.84 Å². The van der Waals surface area contributed by atoms with E-state index in [1.165, 1.54) is 6.20 Å². The first-order valence-electron chi connectivity index (χ1n) is 4.17. The van der Waals surface area contributed by atoms with Crippen molar-refractivity contribution < 1.29 is 4.84 Å². The van der Waals surface area contributed by atoms with Crippen LogP contribution in [0.25, 0.3) is 11.0 Å². The monoisotopic (exact) mass is 192 g/mol. The zero-order valence-corrected chi connectivity index (χ0v) is 7.54. The number of fused-ring (bicyclic) bond motifs is 1. The Hall–Kier alpha value is -1.98. The van der Waals surface area contributed by atoms with Crippen LogP contribution in [0, 0.1) is 0 Å². The minimum atomic E-state index is -0.391. The van der Waals surface area contributed by atoms with Crippen molar-refractivity contribution in [1.29, 1.82) is 0 Å². The predicted octanol–water partition coefficient (Wildman–Crippen LogP) is -0.365. The van der Waals surface area contributed by atoms with Crippen LogP contribution in [0.1, 0.15) is 6.92 Å². The van der Waals surface area contributed by atoms with Crippen LogP contribution < -0.4 is 10.4 Å². The second kappa shape index (κ2) is 3.41. The first-order chi connectivity index (χ1) is 6.83. The van der Waals surface area contributed by atoms with Gasteiger partial charge >= 0.3 is 5.56 Å². The molecule has 0 unspecified atom stereocenters. The standard InChI is InChI=1S/C8H8N4O2/c1-2-14-12-8(13)7-6(10-11-12)4-3-5-9-7/h3-5H,2H2,1H3. The average molecular weight is 192 g/mol. The Labute approximate surface area is 79.1 Å². The van der Waals surface area contributed by atoms with E-state index in [9.17, 15) is 4.79 Å². The molecule has 2 aromatic heterocycles. The predicted molar refractivity (Wildman–Crippen MR) is 48.7 cm³/mol. The van der Waals surface area contributed by atoms with E-state index in [0.29, 0.717) is 12.1 Å². The molecule has 2 heterocycles. The molecule has 0 saturated heterocycles. The van der Waals surface area contributed by atoms with E-state index in [4.69, 9.17) is 4.84 Å². The SMILES string of the molecule is CCOn1nnc2cccnc2c1=O. The third-order valence-corrected chi connectivity index (χ3v) is 1.65. The van der Waals surface area contributed by atoms with Crippen LogP contribution in [-0.4, -0.2) is 26.7 Å². The lowest BCUT2D eigenvalue weighted by Gasteiger charge is -2.02. The van der Waals surface area contributed by atoms with Crippen molar-refractivity contribution in [3.05, 3.63) is 28.7 Å². The smallest absolute Gasteiger partial charge is 0.332 e. The molecule has 6 heteroatoms. The Morgan fingerprint density at radius 1 is 1.57 bits per heavy atom. The van der Waals surface area contributed by atoms with E-state index >= 15 is 0 Å². The quantitative estimate of drug-likeness (QED) is 0.649. The minimum absolute atomic E-state index is 0.260. The van der Waals surface area contributed by atoms with Gasteiger partial charge in [-0.15, -0.1) is 5.10 Å². The number of nitrogens with zero attached hydrogens (tertiary/aromatic N) is 4. The van der Waals surface area contributed by atoms with E-state index in [2.05, 4.69) is 15.3 Å². The van der Waals surface area contributed by atoms with Gasteiger partial charge in [-0.3, -0.25) is 4.79 Å². The van der Waals surface area contributed by atoms with Crippen LogP contribution in [0.4, 0.5) is 0 Å². The van der Waals surface area contributed by atoms with E-state index in [0.717, 1.165) is 4.85 Å². The molecule has 0 atom stereocenters. The molecule has 0 spiro atoms. The van der Waals surface area contributed by atoms with Crippen LogP contribution in [0.15, 0.2) is 23.1 Å². The van der Waals surface area contributed by atoms with Gasteiger partial charge in [0.25, 0.3) is 0 Å². The van der Waals surface area contributed by atoms with Gasteiger partial charge in [-0.2, -0.15) is 0 Å². The molecule has 2 rings (SSSR count). The lowest BCUT2D eigenvalue weighted by Crippen LogP contribution is -2.30. The van der Waals surface area contributed by atoms with Gasteiger partial charge in [0.15, 0.2) is 5.52 Å². The summed E-state index contributed by atoms with van der Waals surface area (Å²) in [5.74, 6) is 0. The zero-order valence-electron chi connectivity index (χ0n) is 7.54. The molecule has 72 valence electrons. The maximum absolute atomic E-state index is 11.6. The van der Waals surface area contributed by atoms with Gasteiger partial charge in [-0.05, 0) is 29.1 Å². The highest BCUT2D eigenvalue weighted by atomic mass is 16.7. The Balaban J connectivity index is 2.69. The molecule has 0 bridgehead atoms. The summed E-state index contributed by atoms with van der Waals surface area (Å²) < 4.78 is 0. The number of aromatic nitrogens is 4. The summed E-state index contributed by atoms with van der Waals surface area (Å²) in [6.07, 6.45) is 1.53. The van der Waals surface area contributed by atoms with Gasteiger partial charge in [0.05, 0.1) is 0 Å². The fraction of sp³-hybridized carbons (Fsp3) is 0.250. The summed E-state index contributed by atoms with van der Waals surface area (Å²) in [6, 6.07) is 3.37. The molecule has 0 aromatic carbocycles. The molecule has 14 heavy (non-hydrogen) atoms. The first kappa shape index (κ1) is 8.61. The molecular weight excluding hydrogens is 184 g/mol. The largest absolute Gasteiger partial charge is 0.393 e. The van der Waals surface area contributed by atoms with E-state index in [-0.39, 0.29) is 5.52 Å². The fourth-order valence-corrected chi connectivity index (χ4v) is 1.07. The molecule has 6 nitrogen and oxygen atoms in total. The number of pyridine rings is 1. The van der Waals surface area contributed by atoms with Crippen LogP contribution in [0.5, 0.6) is 0 Å². The minimum Gasteiger partial charge on any atom is -0.393 e. The summed E-state index contributed by atoms with van der Waals surface area (Å²) in [6.45, 7) is 2.11. The first-order valence-corrected chi connectivity index (χ1v) is 4.17. The van der Waals surface area contributed by atoms with Crippen molar-refractivity contribution in [2.24, 2.45) is 0 Å². The molecule has 0 N–H and O–H groups in total. The second-order valence-electron chi connectivity index (χ2n) is 2.56. The van der Waals surface area contributed by atoms with Crippen molar-refractivity contribution >= 4 is 11.0 Å². The Morgan fingerprint density at radius 2 is 2.43 bits per heavy atom. The van der Waals surface area contributed by atoms with Crippen molar-refractivity contribution in [2.75, 3.05) is 6.61 Å². The van der Waals surface area contributed by atoms with Crippen molar-refractivity contribution in [1.82, 2.24) is 20.1 Å². The third kappa shape index (κ3) is 1.30. The van der Waals surface area contributed by atoms with Crippen molar-refractivity contribution in [2.45, 2.75) is 6.92 Å². The second-order valence-corrected chi connectivity index (χ2v) is 2.56. The van der Waals surface area contributed by atoms with Gasteiger partial charge in [0.1, 0.15) is 12.1 Å². The summed E-state index contributed by atoms with van der Waals surface area (Å²) in [7, 11) is 0. The lowest BCUT2D eigenvalue weighted by molar-refractivity contribution is 0.0764. The van der Waals surface area contributed by atoms with E-state index in [1.54, 1.807) is 19.1 Å². The number of hydrogen-bond acceptors (Lipinski definition) is 5. The topological polar surface area (TPSA) is 69.9 Å². The van der Waals surface area contributed by atoms with Crippen LogP contribution in [0.2, 0.25) is 0 Å². The highest BCUT2D eigenvalue weighted by Crippen LogP contribution is 1.98. The van der Waals surface area contributed by atoms with Crippen molar-refractivity contribution in [3.8, 4) is 0 Å². The summed E-state index contributed by atoms with van der Waals surface area (Å²) >= 11 is 0.